The van der Waals surface area contributed by atoms with Gasteiger partial charge >= 0.3 is 0 Å². The van der Waals surface area contributed by atoms with Crippen LogP contribution in [0, 0.1) is 17.8 Å². The van der Waals surface area contributed by atoms with Crippen molar-refractivity contribution in [3.05, 3.63) is 0 Å². The number of nitrogens with zero attached hydrogens (tertiary/aromatic N) is 1. The minimum atomic E-state index is -1.09. The standard InChI is InChI=1S/C11H16N2O2S/c1-2-16-10-12-9(14)8-6-3-4-7(5-6)11(8,15)13-10/h6-8,15H,2-5H2,1H3,(H,12,13,14). The zero-order chi connectivity index (χ0) is 11.3. The van der Waals surface area contributed by atoms with Gasteiger partial charge in [0.25, 0.3) is 0 Å². The summed E-state index contributed by atoms with van der Waals surface area (Å²) in [6.07, 6.45) is 3.04. The van der Waals surface area contributed by atoms with E-state index in [4.69, 9.17) is 0 Å². The van der Waals surface area contributed by atoms with E-state index in [-0.39, 0.29) is 17.7 Å². The van der Waals surface area contributed by atoms with Crippen molar-refractivity contribution in [1.82, 2.24) is 5.32 Å². The van der Waals surface area contributed by atoms with Gasteiger partial charge < -0.3 is 10.4 Å². The Balaban J connectivity index is 1.97. The van der Waals surface area contributed by atoms with Gasteiger partial charge in [-0.25, -0.2) is 4.99 Å². The van der Waals surface area contributed by atoms with Crippen molar-refractivity contribution in [1.29, 1.82) is 0 Å². The molecule has 2 aliphatic carbocycles. The Bertz CT molecular complexity index is 371. The van der Waals surface area contributed by atoms with Crippen LogP contribution in [0.25, 0.3) is 0 Å². The molecule has 0 aromatic carbocycles. The molecule has 16 heavy (non-hydrogen) atoms. The molecule has 2 N–H and O–H groups in total. The lowest BCUT2D eigenvalue weighted by molar-refractivity contribution is -0.139. The highest BCUT2D eigenvalue weighted by Gasteiger charge is 2.62. The third-order valence-corrected chi connectivity index (χ3v) is 4.83. The number of hydrogen-bond donors (Lipinski definition) is 2. The minimum absolute atomic E-state index is 0.0272. The summed E-state index contributed by atoms with van der Waals surface area (Å²) in [5.41, 5.74) is -1.09. The number of thioether (sulfide) groups is 1. The SMILES string of the molecule is CCSC1=NC2(O)C3CCC(C3)C2C(=O)N1. The molecule has 2 bridgehead atoms. The van der Waals surface area contributed by atoms with Crippen LogP contribution in [0.1, 0.15) is 26.2 Å². The van der Waals surface area contributed by atoms with Gasteiger partial charge in [0.2, 0.25) is 5.91 Å². The normalized spacial score (nSPS) is 45.2. The van der Waals surface area contributed by atoms with Crippen molar-refractivity contribution < 1.29 is 9.90 Å². The maximum absolute atomic E-state index is 12.0. The molecule has 2 saturated carbocycles. The summed E-state index contributed by atoms with van der Waals surface area (Å²) in [5, 5.41) is 14.0. The van der Waals surface area contributed by atoms with Crippen LogP contribution in [-0.2, 0) is 4.79 Å². The first kappa shape index (κ1) is 10.6. The lowest BCUT2D eigenvalue weighted by atomic mass is 9.80. The summed E-state index contributed by atoms with van der Waals surface area (Å²) in [6, 6.07) is 0. The van der Waals surface area contributed by atoms with Crippen LogP contribution < -0.4 is 5.32 Å². The molecular formula is C11H16N2O2S. The molecule has 5 heteroatoms. The number of carbonyl (C=O) groups is 1. The van der Waals surface area contributed by atoms with Gasteiger partial charge in [0.15, 0.2) is 10.9 Å². The topological polar surface area (TPSA) is 61.7 Å². The largest absolute Gasteiger partial charge is 0.368 e. The van der Waals surface area contributed by atoms with Gasteiger partial charge in [-0.05, 0) is 30.9 Å². The van der Waals surface area contributed by atoms with Crippen LogP contribution in [-0.4, -0.2) is 27.7 Å². The lowest BCUT2D eigenvalue weighted by Gasteiger charge is -2.38. The molecule has 1 aliphatic heterocycles. The fourth-order valence-corrected chi connectivity index (χ4v) is 4.11. The molecule has 0 spiro atoms. The highest BCUT2D eigenvalue weighted by Crippen LogP contribution is 2.56. The third-order valence-electron chi connectivity index (χ3n) is 4.08. The summed E-state index contributed by atoms with van der Waals surface area (Å²) in [4.78, 5) is 16.4. The van der Waals surface area contributed by atoms with Gasteiger partial charge in [-0.3, -0.25) is 4.79 Å². The van der Waals surface area contributed by atoms with Gasteiger partial charge in [-0.15, -0.1) is 0 Å². The smallest absolute Gasteiger partial charge is 0.234 e. The molecule has 0 aromatic heterocycles. The number of amidine groups is 1. The predicted molar refractivity (Wildman–Crippen MR) is 63.0 cm³/mol. The molecule has 88 valence electrons. The molecule has 3 aliphatic rings. The molecule has 4 nitrogen and oxygen atoms in total. The zero-order valence-corrected chi connectivity index (χ0v) is 10.1. The summed E-state index contributed by atoms with van der Waals surface area (Å²) in [6.45, 7) is 2.01. The zero-order valence-electron chi connectivity index (χ0n) is 9.27. The van der Waals surface area contributed by atoms with Crippen molar-refractivity contribution in [2.75, 3.05) is 5.75 Å². The number of aliphatic hydroxyl groups is 1. The Morgan fingerprint density at radius 2 is 2.44 bits per heavy atom. The first-order valence-corrected chi connectivity index (χ1v) is 6.89. The average Bonchev–Trinajstić information content (AvgIpc) is 2.75. The van der Waals surface area contributed by atoms with Crippen LogP contribution in [0.4, 0.5) is 0 Å². The molecule has 1 amide bonds. The molecule has 3 rings (SSSR count). The predicted octanol–water partition coefficient (Wildman–Crippen LogP) is 0.960. The number of hydrogen-bond acceptors (Lipinski definition) is 4. The Morgan fingerprint density at radius 3 is 3.19 bits per heavy atom. The van der Waals surface area contributed by atoms with E-state index in [1.165, 1.54) is 11.8 Å². The van der Waals surface area contributed by atoms with Gasteiger partial charge in [-0.2, -0.15) is 0 Å². The van der Waals surface area contributed by atoms with Crippen LogP contribution in [0.5, 0.6) is 0 Å². The van der Waals surface area contributed by atoms with E-state index in [2.05, 4.69) is 10.3 Å². The van der Waals surface area contributed by atoms with Crippen molar-refractivity contribution in [3.8, 4) is 0 Å². The number of rotatable bonds is 1. The van der Waals surface area contributed by atoms with Crippen LogP contribution >= 0.6 is 11.8 Å². The average molecular weight is 240 g/mol. The molecule has 0 aromatic rings. The lowest BCUT2D eigenvalue weighted by Crippen LogP contribution is -2.55. The second-order valence-corrected chi connectivity index (χ2v) is 6.12. The van der Waals surface area contributed by atoms with E-state index >= 15 is 0 Å². The molecule has 4 atom stereocenters. The second kappa shape index (κ2) is 3.47. The van der Waals surface area contributed by atoms with E-state index in [1.54, 1.807) is 0 Å². The molecular weight excluding hydrogens is 224 g/mol. The maximum Gasteiger partial charge on any atom is 0.234 e. The molecule has 2 fully saturated rings. The van der Waals surface area contributed by atoms with E-state index < -0.39 is 5.72 Å². The van der Waals surface area contributed by atoms with Gasteiger partial charge in [0.1, 0.15) is 0 Å². The molecule has 0 radical (unpaired) electrons. The summed E-state index contributed by atoms with van der Waals surface area (Å²) < 4.78 is 0. The van der Waals surface area contributed by atoms with Crippen molar-refractivity contribution in [3.63, 3.8) is 0 Å². The Morgan fingerprint density at radius 1 is 1.62 bits per heavy atom. The fourth-order valence-electron chi connectivity index (χ4n) is 3.45. The van der Waals surface area contributed by atoms with Gasteiger partial charge in [0, 0.05) is 5.92 Å². The summed E-state index contributed by atoms with van der Waals surface area (Å²) in [7, 11) is 0. The van der Waals surface area contributed by atoms with E-state index in [1.807, 2.05) is 6.92 Å². The van der Waals surface area contributed by atoms with Crippen LogP contribution in [0.3, 0.4) is 0 Å². The third kappa shape index (κ3) is 1.27. The van der Waals surface area contributed by atoms with Crippen molar-refractivity contribution in [2.24, 2.45) is 22.7 Å². The monoisotopic (exact) mass is 240 g/mol. The van der Waals surface area contributed by atoms with E-state index in [0.717, 1.165) is 25.0 Å². The Hall–Kier alpha value is -0.550. The highest BCUT2D eigenvalue weighted by atomic mass is 32.2. The van der Waals surface area contributed by atoms with Crippen LogP contribution in [0.2, 0.25) is 0 Å². The highest BCUT2D eigenvalue weighted by molar-refractivity contribution is 8.13. The summed E-state index contributed by atoms with van der Waals surface area (Å²) in [5.74, 6) is 1.06. The number of aliphatic imine (C=N–C) groups is 1. The fraction of sp³-hybridized carbons (Fsp3) is 0.818. The maximum atomic E-state index is 12.0. The summed E-state index contributed by atoms with van der Waals surface area (Å²) >= 11 is 1.49. The number of carbonyl (C=O) groups excluding carboxylic acids is 1. The van der Waals surface area contributed by atoms with Crippen molar-refractivity contribution in [2.45, 2.75) is 31.9 Å². The molecule has 4 unspecified atom stereocenters. The quantitative estimate of drug-likeness (QED) is 0.717. The van der Waals surface area contributed by atoms with E-state index in [0.29, 0.717) is 11.1 Å². The van der Waals surface area contributed by atoms with Crippen LogP contribution in [0.15, 0.2) is 4.99 Å². The molecule has 0 saturated heterocycles. The van der Waals surface area contributed by atoms with Crippen molar-refractivity contribution >= 4 is 22.8 Å². The second-order valence-electron chi connectivity index (χ2n) is 4.87. The number of amides is 1. The minimum Gasteiger partial charge on any atom is -0.368 e. The number of fused-ring (bicyclic) bond motifs is 5. The Kier molecular flexibility index (Phi) is 2.30. The van der Waals surface area contributed by atoms with E-state index in [9.17, 15) is 9.90 Å². The first-order chi connectivity index (χ1) is 7.65. The van der Waals surface area contributed by atoms with Gasteiger partial charge in [0.05, 0.1) is 5.92 Å². The first-order valence-electron chi connectivity index (χ1n) is 5.91. The Labute approximate surface area is 98.9 Å². The van der Waals surface area contributed by atoms with Gasteiger partial charge in [-0.1, -0.05) is 18.7 Å². The molecule has 1 heterocycles. The number of nitrogens with one attached hydrogen (secondary N) is 1.